The Morgan fingerprint density at radius 2 is 2.50 bits per heavy atom. The number of halogens is 1. The number of pyridine rings is 1. The molecule has 1 aliphatic rings. The van der Waals surface area contributed by atoms with Crippen LogP contribution in [0.25, 0.3) is 0 Å². The van der Waals surface area contributed by atoms with Crippen molar-refractivity contribution in [2.75, 3.05) is 24.5 Å². The van der Waals surface area contributed by atoms with E-state index in [0.717, 1.165) is 25.3 Å². The lowest BCUT2D eigenvalue weighted by atomic mass is 10.2. The van der Waals surface area contributed by atoms with E-state index in [1.54, 1.807) is 0 Å². The standard InChI is InChI=1S/C10H14FN3/c1-8-7-12-4-5-14(8)9-2-3-13-10(11)6-9/h2-3,6,8,12H,4-5,7H2,1H3. The molecular formula is C10H14FN3. The molecule has 1 saturated heterocycles. The second-order valence-electron chi connectivity index (χ2n) is 3.58. The highest BCUT2D eigenvalue weighted by Crippen LogP contribution is 2.17. The van der Waals surface area contributed by atoms with Gasteiger partial charge in [0.25, 0.3) is 0 Å². The SMILES string of the molecule is CC1CNCCN1c1ccnc(F)c1. The number of nitrogens with one attached hydrogen (secondary N) is 1. The van der Waals surface area contributed by atoms with Gasteiger partial charge in [-0.15, -0.1) is 0 Å². The van der Waals surface area contributed by atoms with Crippen molar-refractivity contribution in [2.24, 2.45) is 0 Å². The molecule has 0 amide bonds. The van der Waals surface area contributed by atoms with Crippen LogP contribution in [0, 0.1) is 5.95 Å². The summed E-state index contributed by atoms with van der Waals surface area (Å²) in [6.45, 7) is 4.95. The number of hydrogen-bond acceptors (Lipinski definition) is 3. The summed E-state index contributed by atoms with van der Waals surface area (Å²) >= 11 is 0. The first kappa shape index (κ1) is 9.40. The van der Waals surface area contributed by atoms with E-state index in [1.165, 1.54) is 12.3 Å². The Kier molecular flexibility index (Phi) is 2.63. The molecule has 0 aliphatic carbocycles. The van der Waals surface area contributed by atoms with Crippen LogP contribution in [-0.2, 0) is 0 Å². The molecule has 1 atom stereocenters. The molecule has 4 heteroatoms. The van der Waals surface area contributed by atoms with E-state index in [1.807, 2.05) is 6.07 Å². The maximum atomic E-state index is 12.9. The third-order valence-corrected chi connectivity index (χ3v) is 2.54. The monoisotopic (exact) mass is 195 g/mol. The molecule has 1 aromatic heterocycles. The van der Waals surface area contributed by atoms with E-state index >= 15 is 0 Å². The topological polar surface area (TPSA) is 28.2 Å². The molecule has 0 aromatic carbocycles. The van der Waals surface area contributed by atoms with Crippen molar-refractivity contribution in [3.05, 3.63) is 24.3 Å². The number of nitrogens with zero attached hydrogens (tertiary/aromatic N) is 2. The highest BCUT2D eigenvalue weighted by molar-refractivity contribution is 5.46. The van der Waals surface area contributed by atoms with Crippen molar-refractivity contribution in [1.82, 2.24) is 10.3 Å². The minimum atomic E-state index is -0.409. The summed E-state index contributed by atoms with van der Waals surface area (Å²) in [5, 5.41) is 3.30. The zero-order valence-electron chi connectivity index (χ0n) is 8.20. The van der Waals surface area contributed by atoms with Crippen LogP contribution in [0.5, 0.6) is 0 Å². The van der Waals surface area contributed by atoms with Gasteiger partial charge in [-0.2, -0.15) is 4.39 Å². The minimum absolute atomic E-state index is 0.408. The predicted molar refractivity (Wildman–Crippen MR) is 53.9 cm³/mol. The van der Waals surface area contributed by atoms with E-state index < -0.39 is 5.95 Å². The van der Waals surface area contributed by atoms with Gasteiger partial charge in [-0.3, -0.25) is 0 Å². The average molecular weight is 195 g/mol. The van der Waals surface area contributed by atoms with Gasteiger partial charge >= 0.3 is 0 Å². The Morgan fingerprint density at radius 3 is 3.21 bits per heavy atom. The third kappa shape index (κ3) is 1.85. The van der Waals surface area contributed by atoms with E-state index in [0.29, 0.717) is 6.04 Å². The van der Waals surface area contributed by atoms with E-state index in [9.17, 15) is 4.39 Å². The van der Waals surface area contributed by atoms with E-state index in [-0.39, 0.29) is 0 Å². The number of aromatic nitrogens is 1. The Bertz CT molecular complexity index is 316. The van der Waals surface area contributed by atoms with Crippen LogP contribution in [0.4, 0.5) is 10.1 Å². The van der Waals surface area contributed by atoms with E-state index in [4.69, 9.17) is 0 Å². The molecule has 1 unspecified atom stereocenters. The molecule has 1 N–H and O–H groups in total. The summed E-state index contributed by atoms with van der Waals surface area (Å²) in [7, 11) is 0. The summed E-state index contributed by atoms with van der Waals surface area (Å²) in [5.41, 5.74) is 0.923. The Labute approximate surface area is 82.9 Å². The van der Waals surface area contributed by atoms with Crippen LogP contribution in [0.15, 0.2) is 18.3 Å². The number of piperazine rings is 1. The fourth-order valence-corrected chi connectivity index (χ4v) is 1.80. The van der Waals surface area contributed by atoms with Gasteiger partial charge in [0.2, 0.25) is 5.95 Å². The predicted octanol–water partition coefficient (Wildman–Crippen LogP) is 1.02. The zero-order chi connectivity index (χ0) is 9.97. The number of rotatable bonds is 1. The Hall–Kier alpha value is -1.16. The van der Waals surface area contributed by atoms with Crippen molar-refractivity contribution in [2.45, 2.75) is 13.0 Å². The summed E-state index contributed by atoms with van der Waals surface area (Å²) in [6.07, 6.45) is 1.51. The van der Waals surface area contributed by atoms with E-state index in [2.05, 4.69) is 22.1 Å². The van der Waals surface area contributed by atoms with Gasteiger partial charge in [0.15, 0.2) is 0 Å². The van der Waals surface area contributed by atoms with Gasteiger partial charge in [0.05, 0.1) is 0 Å². The molecule has 2 heterocycles. The largest absolute Gasteiger partial charge is 0.366 e. The third-order valence-electron chi connectivity index (χ3n) is 2.54. The molecule has 0 bridgehead atoms. The quantitative estimate of drug-likeness (QED) is 0.678. The summed E-state index contributed by atoms with van der Waals surface area (Å²) in [5.74, 6) is -0.409. The fraction of sp³-hybridized carbons (Fsp3) is 0.500. The van der Waals surface area contributed by atoms with Crippen LogP contribution < -0.4 is 10.2 Å². The van der Waals surface area contributed by atoms with Crippen molar-refractivity contribution >= 4 is 5.69 Å². The van der Waals surface area contributed by atoms with Gasteiger partial charge in [-0.05, 0) is 13.0 Å². The van der Waals surface area contributed by atoms with Crippen molar-refractivity contribution < 1.29 is 4.39 Å². The molecule has 2 rings (SSSR count). The Balaban J connectivity index is 2.20. The van der Waals surface area contributed by atoms with Gasteiger partial charge in [-0.1, -0.05) is 0 Å². The highest BCUT2D eigenvalue weighted by Gasteiger charge is 2.18. The summed E-state index contributed by atoms with van der Waals surface area (Å²) in [4.78, 5) is 5.75. The molecule has 0 spiro atoms. The molecule has 3 nitrogen and oxygen atoms in total. The van der Waals surface area contributed by atoms with Crippen LogP contribution in [0.2, 0.25) is 0 Å². The smallest absolute Gasteiger partial charge is 0.214 e. The molecular weight excluding hydrogens is 181 g/mol. The van der Waals surface area contributed by atoms with Crippen molar-refractivity contribution in [1.29, 1.82) is 0 Å². The maximum absolute atomic E-state index is 12.9. The van der Waals surface area contributed by atoms with Gasteiger partial charge in [-0.25, -0.2) is 4.98 Å². The molecule has 1 aliphatic heterocycles. The molecule has 0 radical (unpaired) electrons. The Morgan fingerprint density at radius 1 is 1.64 bits per heavy atom. The maximum Gasteiger partial charge on any atom is 0.214 e. The molecule has 1 aromatic rings. The molecule has 76 valence electrons. The molecule has 14 heavy (non-hydrogen) atoms. The molecule has 0 saturated carbocycles. The van der Waals surface area contributed by atoms with Gasteiger partial charge in [0.1, 0.15) is 0 Å². The lowest BCUT2D eigenvalue weighted by Gasteiger charge is -2.35. The zero-order valence-corrected chi connectivity index (χ0v) is 8.20. The first-order valence-corrected chi connectivity index (χ1v) is 4.86. The lowest BCUT2D eigenvalue weighted by molar-refractivity contribution is 0.498. The summed E-state index contributed by atoms with van der Waals surface area (Å²) < 4.78 is 12.9. The lowest BCUT2D eigenvalue weighted by Crippen LogP contribution is -2.49. The highest BCUT2D eigenvalue weighted by atomic mass is 19.1. The first-order chi connectivity index (χ1) is 6.77. The second kappa shape index (κ2) is 3.92. The van der Waals surface area contributed by atoms with Crippen LogP contribution in [-0.4, -0.2) is 30.7 Å². The van der Waals surface area contributed by atoms with Crippen molar-refractivity contribution in [3.8, 4) is 0 Å². The summed E-state index contributed by atoms with van der Waals surface area (Å²) in [6, 6.07) is 3.75. The van der Waals surface area contributed by atoms with Gasteiger partial charge < -0.3 is 10.2 Å². The number of anilines is 1. The first-order valence-electron chi connectivity index (χ1n) is 4.86. The van der Waals surface area contributed by atoms with Gasteiger partial charge in [0, 0.05) is 43.6 Å². The van der Waals surface area contributed by atoms with Crippen LogP contribution in [0.1, 0.15) is 6.92 Å². The number of hydrogen-bond donors (Lipinski definition) is 1. The minimum Gasteiger partial charge on any atom is -0.366 e. The normalized spacial score (nSPS) is 22.4. The molecule has 1 fully saturated rings. The average Bonchev–Trinajstić information content (AvgIpc) is 2.18. The van der Waals surface area contributed by atoms with Crippen molar-refractivity contribution in [3.63, 3.8) is 0 Å². The van der Waals surface area contributed by atoms with Crippen LogP contribution in [0.3, 0.4) is 0 Å². The van der Waals surface area contributed by atoms with Crippen LogP contribution >= 0.6 is 0 Å². The fourth-order valence-electron chi connectivity index (χ4n) is 1.80. The second-order valence-corrected chi connectivity index (χ2v) is 3.58.